The van der Waals surface area contributed by atoms with Gasteiger partial charge in [0.1, 0.15) is 0 Å². The zero-order chi connectivity index (χ0) is 14.6. The summed E-state index contributed by atoms with van der Waals surface area (Å²) in [6.07, 6.45) is 5.32. The molecule has 0 bridgehead atoms. The van der Waals surface area contributed by atoms with Crippen molar-refractivity contribution in [2.24, 2.45) is 0 Å². The predicted molar refractivity (Wildman–Crippen MR) is 79.1 cm³/mol. The molecule has 1 aliphatic carbocycles. The van der Waals surface area contributed by atoms with E-state index in [4.69, 9.17) is 0 Å². The third-order valence-electron chi connectivity index (χ3n) is 4.50. The molecule has 2 atom stereocenters. The molecule has 0 N–H and O–H groups in total. The van der Waals surface area contributed by atoms with Gasteiger partial charge in [0.15, 0.2) is 0 Å². The summed E-state index contributed by atoms with van der Waals surface area (Å²) >= 11 is 0. The molecule has 1 heterocycles. The van der Waals surface area contributed by atoms with Crippen molar-refractivity contribution in [2.75, 3.05) is 0 Å². The number of hydrogen-bond acceptors (Lipinski definition) is 1. The van der Waals surface area contributed by atoms with Gasteiger partial charge in [0.2, 0.25) is 0 Å². The van der Waals surface area contributed by atoms with E-state index in [9.17, 15) is 4.79 Å². The van der Waals surface area contributed by atoms with Crippen molar-refractivity contribution in [3.63, 3.8) is 0 Å². The molecule has 1 saturated heterocycles. The van der Waals surface area contributed by atoms with Crippen LogP contribution in [0.4, 0.5) is 4.79 Å². The highest BCUT2D eigenvalue weighted by Crippen LogP contribution is 2.50. The minimum absolute atomic E-state index is 0.139. The van der Waals surface area contributed by atoms with Gasteiger partial charge in [0.25, 0.3) is 0 Å². The van der Waals surface area contributed by atoms with E-state index in [0.717, 1.165) is 12.8 Å². The minimum atomic E-state index is -0.178. The first-order valence-corrected chi connectivity index (χ1v) is 7.33. The molecule has 3 heteroatoms. The Labute approximate surface area is 117 Å². The van der Waals surface area contributed by atoms with Gasteiger partial charge < -0.3 is 9.80 Å². The maximum atomic E-state index is 13.0. The van der Waals surface area contributed by atoms with Gasteiger partial charge >= 0.3 is 6.03 Å². The molecular formula is C16H28N2O. The normalized spacial score (nSPS) is 31.9. The summed E-state index contributed by atoms with van der Waals surface area (Å²) in [6.45, 7) is 16.8. The van der Waals surface area contributed by atoms with E-state index in [0.29, 0.717) is 0 Å². The lowest BCUT2D eigenvalue weighted by atomic mass is 9.87. The SMILES string of the molecule is C=C[C@@]12CCC[C@@H]1N(C(C)(C)C)C(=O)N2C(C)(C)C. The molecule has 0 aromatic rings. The zero-order valence-electron chi connectivity index (χ0n) is 13.3. The number of nitrogens with zero attached hydrogens (tertiary/aromatic N) is 2. The second kappa shape index (κ2) is 4.00. The Bertz CT molecular complexity index is 402. The van der Waals surface area contributed by atoms with Gasteiger partial charge in [-0.2, -0.15) is 0 Å². The lowest BCUT2D eigenvalue weighted by Crippen LogP contribution is -2.55. The van der Waals surface area contributed by atoms with Crippen LogP contribution in [0.1, 0.15) is 60.8 Å². The number of carbonyl (C=O) groups excluding carboxylic acids is 1. The topological polar surface area (TPSA) is 23.6 Å². The average Bonchev–Trinajstić information content (AvgIpc) is 2.67. The van der Waals surface area contributed by atoms with E-state index < -0.39 is 0 Å². The first kappa shape index (κ1) is 14.4. The molecule has 2 amide bonds. The Morgan fingerprint density at radius 3 is 2.21 bits per heavy atom. The van der Waals surface area contributed by atoms with E-state index in [-0.39, 0.29) is 28.7 Å². The highest BCUT2D eigenvalue weighted by molar-refractivity contribution is 5.81. The molecule has 19 heavy (non-hydrogen) atoms. The first-order valence-electron chi connectivity index (χ1n) is 7.33. The molecule has 0 spiro atoms. The molecule has 0 radical (unpaired) electrons. The van der Waals surface area contributed by atoms with E-state index in [1.165, 1.54) is 6.42 Å². The molecule has 3 nitrogen and oxygen atoms in total. The van der Waals surface area contributed by atoms with Crippen molar-refractivity contribution in [3.8, 4) is 0 Å². The fourth-order valence-corrected chi connectivity index (χ4v) is 4.02. The molecule has 0 aromatic carbocycles. The van der Waals surface area contributed by atoms with E-state index in [1.807, 2.05) is 6.08 Å². The van der Waals surface area contributed by atoms with Gasteiger partial charge in [0, 0.05) is 11.1 Å². The lowest BCUT2D eigenvalue weighted by molar-refractivity contribution is 0.100. The highest BCUT2D eigenvalue weighted by Gasteiger charge is 2.62. The summed E-state index contributed by atoms with van der Waals surface area (Å²) in [5, 5.41) is 0. The Morgan fingerprint density at radius 1 is 1.21 bits per heavy atom. The number of carbonyl (C=O) groups is 1. The van der Waals surface area contributed by atoms with E-state index >= 15 is 0 Å². The Kier molecular flexibility index (Phi) is 3.04. The number of urea groups is 1. The number of hydrogen-bond donors (Lipinski definition) is 0. The van der Waals surface area contributed by atoms with E-state index in [1.54, 1.807) is 0 Å². The first-order chi connectivity index (χ1) is 8.55. The van der Waals surface area contributed by atoms with Crippen LogP contribution in [-0.4, -0.2) is 38.5 Å². The third-order valence-corrected chi connectivity index (χ3v) is 4.50. The summed E-state index contributed by atoms with van der Waals surface area (Å²) in [5.74, 6) is 0. The smallest absolute Gasteiger partial charge is 0.314 e. The van der Waals surface area contributed by atoms with Crippen LogP contribution in [0.2, 0.25) is 0 Å². The maximum absolute atomic E-state index is 13.0. The van der Waals surface area contributed by atoms with E-state index in [2.05, 4.69) is 57.9 Å². The summed E-state index contributed by atoms with van der Waals surface area (Å²) in [5.41, 5.74) is -0.489. The van der Waals surface area contributed by atoms with Crippen LogP contribution in [0, 0.1) is 0 Å². The highest BCUT2D eigenvalue weighted by atomic mass is 16.2. The molecule has 0 unspecified atom stereocenters. The van der Waals surface area contributed by atoms with Gasteiger partial charge in [-0.25, -0.2) is 4.79 Å². The van der Waals surface area contributed by atoms with Crippen LogP contribution in [0.25, 0.3) is 0 Å². The van der Waals surface area contributed by atoms with Gasteiger partial charge in [-0.3, -0.25) is 0 Å². The molecule has 2 rings (SSSR count). The molecule has 2 aliphatic rings. The Hall–Kier alpha value is -0.990. The fraction of sp³-hybridized carbons (Fsp3) is 0.812. The maximum Gasteiger partial charge on any atom is 0.322 e. The van der Waals surface area contributed by atoms with Gasteiger partial charge in [-0.15, -0.1) is 6.58 Å². The zero-order valence-corrected chi connectivity index (χ0v) is 13.3. The number of amides is 2. The quantitative estimate of drug-likeness (QED) is 0.661. The molecule has 1 aliphatic heterocycles. The monoisotopic (exact) mass is 264 g/mol. The van der Waals surface area contributed by atoms with Crippen LogP contribution in [0.5, 0.6) is 0 Å². The van der Waals surface area contributed by atoms with Gasteiger partial charge in [0.05, 0.1) is 11.6 Å². The average molecular weight is 264 g/mol. The van der Waals surface area contributed by atoms with Crippen LogP contribution in [-0.2, 0) is 0 Å². The number of rotatable bonds is 1. The molecule has 1 saturated carbocycles. The van der Waals surface area contributed by atoms with Crippen molar-refractivity contribution in [1.82, 2.24) is 9.80 Å². The van der Waals surface area contributed by atoms with Crippen LogP contribution >= 0.6 is 0 Å². The lowest BCUT2D eigenvalue weighted by Gasteiger charge is -2.43. The van der Waals surface area contributed by atoms with Gasteiger partial charge in [-0.05, 0) is 60.8 Å². The van der Waals surface area contributed by atoms with Crippen molar-refractivity contribution in [3.05, 3.63) is 12.7 Å². The Balaban J connectivity index is 2.56. The van der Waals surface area contributed by atoms with Gasteiger partial charge in [-0.1, -0.05) is 6.08 Å². The van der Waals surface area contributed by atoms with Crippen LogP contribution in [0.15, 0.2) is 12.7 Å². The van der Waals surface area contributed by atoms with Crippen LogP contribution < -0.4 is 0 Å². The number of fused-ring (bicyclic) bond motifs is 1. The summed E-state index contributed by atoms with van der Waals surface area (Å²) in [6, 6.07) is 0.446. The summed E-state index contributed by atoms with van der Waals surface area (Å²) in [4.78, 5) is 17.2. The molecule has 2 fully saturated rings. The second-order valence-corrected chi connectivity index (χ2v) is 7.93. The minimum Gasteiger partial charge on any atom is -0.314 e. The van der Waals surface area contributed by atoms with Crippen molar-refractivity contribution in [2.45, 2.75) is 83.5 Å². The van der Waals surface area contributed by atoms with Crippen molar-refractivity contribution >= 4 is 6.03 Å². The molecule has 0 aromatic heterocycles. The van der Waals surface area contributed by atoms with Crippen molar-refractivity contribution < 1.29 is 4.79 Å². The summed E-state index contributed by atoms with van der Waals surface area (Å²) < 4.78 is 0. The summed E-state index contributed by atoms with van der Waals surface area (Å²) in [7, 11) is 0. The standard InChI is InChI=1S/C16H28N2O/c1-8-16-11-9-10-12(16)17(14(2,3)4)13(19)18(16)15(5,6)7/h8,12H,1,9-11H2,2-7H3/t12-,16+/m0/s1. The van der Waals surface area contributed by atoms with Crippen molar-refractivity contribution in [1.29, 1.82) is 0 Å². The largest absolute Gasteiger partial charge is 0.322 e. The third kappa shape index (κ3) is 1.89. The fourth-order valence-electron chi connectivity index (χ4n) is 4.02. The molecular weight excluding hydrogens is 236 g/mol. The molecule has 108 valence electrons. The Morgan fingerprint density at radius 2 is 1.79 bits per heavy atom. The van der Waals surface area contributed by atoms with Crippen LogP contribution in [0.3, 0.4) is 0 Å². The second-order valence-electron chi connectivity index (χ2n) is 7.93. The predicted octanol–water partition coefficient (Wildman–Crippen LogP) is 3.80.